The molecule has 1 N–H and O–H groups in total. The van der Waals surface area contributed by atoms with E-state index in [2.05, 4.69) is 12.2 Å². The van der Waals surface area contributed by atoms with Crippen molar-refractivity contribution in [1.82, 2.24) is 5.32 Å². The van der Waals surface area contributed by atoms with Gasteiger partial charge in [-0.15, -0.1) is 23.2 Å². The Kier molecular flexibility index (Phi) is 3.17. The molecule has 0 radical (unpaired) electrons. The first-order valence-electron chi connectivity index (χ1n) is 6.04. The number of carbonyl (C=O) groups excluding carboxylic acids is 1. The lowest BCUT2D eigenvalue weighted by atomic mass is 9.87. The zero-order chi connectivity index (χ0) is 12.0. The Hall–Kier alpha value is 0.0500. The van der Waals surface area contributed by atoms with Crippen LogP contribution in [0.5, 0.6) is 0 Å². The first kappa shape index (κ1) is 12.5. The number of nitrogens with one attached hydrogen (secondary N) is 1. The van der Waals surface area contributed by atoms with Crippen molar-refractivity contribution < 1.29 is 4.79 Å². The molecule has 3 atom stereocenters. The van der Waals surface area contributed by atoms with E-state index in [1.165, 1.54) is 12.8 Å². The quantitative estimate of drug-likeness (QED) is 0.762. The fraction of sp³-hybridized carbons (Fsp3) is 0.917. The van der Waals surface area contributed by atoms with Gasteiger partial charge in [-0.2, -0.15) is 0 Å². The van der Waals surface area contributed by atoms with Gasteiger partial charge in [0.25, 0.3) is 0 Å². The molecule has 0 spiro atoms. The smallest absolute Gasteiger partial charge is 0.229 e. The van der Waals surface area contributed by atoms with E-state index < -0.39 is 9.75 Å². The highest BCUT2D eigenvalue weighted by Crippen LogP contribution is 2.63. The van der Waals surface area contributed by atoms with Crippen LogP contribution in [-0.4, -0.2) is 16.3 Å². The SMILES string of the molecule is C[C@@H]1CCC[C@H](NC(=O)[C@@]2(C)CC2(Cl)Cl)C1. The van der Waals surface area contributed by atoms with Crippen LogP contribution >= 0.6 is 23.2 Å². The lowest BCUT2D eigenvalue weighted by Crippen LogP contribution is -2.42. The molecule has 0 bridgehead atoms. The fourth-order valence-corrected chi connectivity index (χ4v) is 3.26. The van der Waals surface area contributed by atoms with Crippen LogP contribution in [-0.2, 0) is 4.79 Å². The van der Waals surface area contributed by atoms with Crippen LogP contribution < -0.4 is 5.32 Å². The highest BCUT2D eigenvalue weighted by Gasteiger charge is 2.68. The van der Waals surface area contributed by atoms with Gasteiger partial charge in [0.05, 0.1) is 5.41 Å². The number of carbonyl (C=O) groups is 1. The molecular weight excluding hydrogens is 245 g/mol. The molecule has 2 saturated carbocycles. The van der Waals surface area contributed by atoms with Gasteiger partial charge in [-0.1, -0.05) is 19.8 Å². The van der Waals surface area contributed by atoms with Gasteiger partial charge in [-0.3, -0.25) is 4.79 Å². The van der Waals surface area contributed by atoms with Crippen molar-refractivity contribution in [2.24, 2.45) is 11.3 Å². The van der Waals surface area contributed by atoms with Crippen LogP contribution in [0.4, 0.5) is 0 Å². The first-order valence-corrected chi connectivity index (χ1v) is 6.79. The van der Waals surface area contributed by atoms with Crippen molar-refractivity contribution >= 4 is 29.1 Å². The molecule has 0 aromatic carbocycles. The minimum atomic E-state index is -0.850. The van der Waals surface area contributed by atoms with Crippen LogP contribution in [0.25, 0.3) is 0 Å². The molecule has 0 aromatic rings. The normalized spacial score (nSPS) is 41.5. The zero-order valence-corrected chi connectivity index (χ0v) is 11.4. The molecule has 0 unspecified atom stereocenters. The standard InChI is InChI=1S/C12H19Cl2NO/c1-8-4-3-5-9(6-8)15-10(16)11(2)7-12(11,13)14/h8-9H,3-7H2,1-2H3,(H,15,16)/t8-,9+,11-/m1/s1. The Bertz CT molecular complexity index is 305. The maximum absolute atomic E-state index is 12.0. The number of amides is 1. The van der Waals surface area contributed by atoms with Gasteiger partial charge in [-0.05, 0) is 32.1 Å². The summed E-state index contributed by atoms with van der Waals surface area (Å²) in [4.78, 5) is 12.0. The van der Waals surface area contributed by atoms with Crippen molar-refractivity contribution in [3.05, 3.63) is 0 Å². The van der Waals surface area contributed by atoms with Crippen molar-refractivity contribution in [2.45, 2.75) is 56.3 Å². The number of rotatable bonds is 2. The van der Waals surface area contributed by atoms with Gasteiger partial charge in [0.1, 0.15) is 4.33 Å². The van der Waals surface area contributed by atoms with Gasteiger partial charge < -0.3 is 5.32 Å². The van der Waals surface area contributed by atoms with Crippen LogP contribution in [0.2, 0.25) is 0 Å². The predicted molar refractivity (Wildman–Crippen MR) is 66.7 cm³/mol. The highest BCUT2D eigenvalue weighted by molar-refractivity contribution is 6.53. The lowest BCUT2D eigenvalue weighted by Gasteiger charge is -2.28. The van der Waals surface area contributed by atoms with Crippen LogP contribution in [0.1, 0.15) is 46.0 Å². The first-order chi connectivity index (χ1) is 7.35. The summed E-state index contributed by atoms with van der Waals surface area (Å²) in [5, 5.41) is 3.10. The lowest BCUT2D eigenvalue weighted by molar-refractivity contribution is -0.126. The number of hydrogen-bond donors (Lipinski definition) is 1. The van der Waals surface area contributed by atoms with Gasteiger partial charge in [0, 0.05) is 6.04 Å². The van der Waals surface area contributed by atoms with Gasteiger partial charge in [0.2, 0.25) is 5.91 Å². The molecule has 2 aliphatic carbocycles. The Balaban J connectivity index is 1.88. The summed E-state index contributed by atoms with van der Waals surface area (Å²) < 4.78 is -0.850. The molecule has 0 saturated heterocycles. The molecule has 0 heterocycles. The second-order valence-electron chi connectivity index (χ2n) is 5.66. The second-order valence-corrected chi connectivity index (χ2v) is 7.14. The molecule has 2 rings (SSSR count). The molecular formula is C12H19Cl2NO. The van der Waals surface area contributed by atoms with E-state index in [9.17, 15) is 4.79 Å². The van der Waals surface area contributed by atoms with Crippen molar-refractivity contribution in [1.29, 1.82) is 0 Å². The van der Waals surface area contributed by atoms with Gasteiger partial charge in [-0.25, -0.2) is 0 Å². The van der Waals surface area contributed by atoms with Gasteiger partial charge >= 0.3 is 0 Å². The van der Waals surface area contributed by atoms with E-state index in [4.69, 9.17) is 23.2 Å². The molecule has 2 fully saturated rings. The van der Waals surface area contributed by atoms with Crippen molar-refractivity contribution in [2.75, 3.05) is 0 Å². The third-order valence-corrected chi connectivity index (χ3v) is 5.13. The highest BCUT2D eigenvalue weighted by atomic mass is 35.5. The minimum absolute atomic E-state index is 0.0246. The number of alkyl halides is 2. The van der Waals surface area contributed by atoms with Crippen LogP contribution in [0.15, 0.2) is 0 Å². The van der Waals surface area contributed by atoms with Crippen molar-refractivity contribution in [3.8, 4) is 0 Å². The summed E-state index contributed by atoms with van der Waals surface area (Å²) >= 11 is 12.0. The Morgan fingerprint density at radius 2 is 2.00 bits per heavy atom. The maximum Gasteiger partial charge on any atom is 0.229 e. The Morgan fingerprint density at radius 1 is 1.38 bits per heavy atom. The summed E-state index contributed by atoms with van der Waals surface area (Å²) in [6, 6.07) is 0.317. The second kappa shape index (κ2) is 4.06. The van der Waals surface area contributed by atoms with E-state index in [1.807, 2.05) is 6.92 Å². The largest absolute Gasteiger partial charge is 0.353 e. The van der Waals surface area contributed by atoms with Crippen LogP contribution in [0.3, 0.4) is 0 Å². The van der Waals surface area contributed by atoms with Crippen molar-refractivity contribution in [3.63, 3.8) is 0 Å². The number of hydrogen-bond acceptors (Lipinski definition) is 1. The van der Waals surface area contributed by atoms with E-state index in [0.717, 1.165) is 12.8 Å². The molecule has 4 heteroatoms. The Labute approximate surface area is 107 Å². The molecule has 16 heavy (non-hydrogen) atoms. The molecule has 2 nitrogen and oxygen atoms in total. The van der Waals surface area contributed by atoms with E-state index >= 15 is 0 Å². The van der Waals surface area contributed by atoms with E-state index in [1.54, 1.807) is 0 Å². The topological polar surface area (TPSA) is 29.1 Å². The summed E-state index contributed by atoms with van der Waals surface area (Å²) in [6.07, 6.45) is 5.22. The van der Waals surface area contributed by atoms with Gasteiger partial charge in [0.15, 0.2) is 0 Å². The monoisotopic (exact) mass is 263 g/mol. The third kappa shape index (κ3) is 2.19. The number of halogens is 2. The molecule has 0 aromatic heterocycles. The molecule has 1 amide bonds. The van der Waals surface area contributed by atoms with E-state index in [-0.39, 0.29) is 5.91 Å². The summed E-state index contributed by atoms with van der Waals surface area (Å²) in [6.45, 7) is 4.08. The van der Waals surface area contributed by atoms with E-state index in [0.29, 0.717) is 18.4 Å². The summed E-state index contributed by atoms with van der Waals surface area (Å²) in [5.41, 5.74) is -0.573. The zero-order valence-electron chi connectivity index (χ0n) is 9.85. The van der Waals surface area contributed by atoms with Crippen LogP contribution in [0, 0.1) is 11.3 Å². The predicted octanol–water partition coefficient (Wildman–Crippen LogP) is 3.27. The molecule has 0 aliphatic heterocycles. The summed E-state index contributed by atoms with van der Waals surface area (Å²) in [7, 11) is 0. The Morgan fingerprint density at radius 3 is 2.50 bits per heavy atom. The molecule has 92 valence electrons. The maximum atomic E-state index is 12.0. The molecule has 2 aliphatic rings. The fourth-order valence-electron chi connectivity index (χ4n) is 2.56. The average Bonchev–Trinajstić information content (AvgIpc) is 2.67. The third-order valence-electron chi connectivity index (χ3n) is 4.03. The summed E-state index contributed by atoms with van der Waals surface area (Å²) in [5.74, 6) is 0.736. The average molecular weight is 264 g/mol. The minimum Gasteiger partial charge on any atom is -0.353 e.